The van der Waals surface area contributed by atoms with Crippen molar-refractivity contribution in [1.82, 2.24) is 10.3 Å². The van der Waals surface area contributed by atoms with Crippen LogP contribution in [0.1, 0.15) is 41.5 Å². The molecule has 0 saturated carbocycles. The number of carbonyl (C=O) groups excluding carboxylic acids is 1. The zero-order chi connectivity index (χ0) is 15.9. The first kappa shape index (κ1) is 16.5. The standard InChI is InChI=1S/C16H20N2O3S/c1-11(2)21-13-8-12(9-17-10-13)16(20)18-14(5-6-19)15-4-3-7-22-15/h3-4,7-11,14,19H,5-6H2,1-2H3,(H,18,20). The maximum absolute atomic E-state index is 12.4. The minimum atomic E-state index is -0.228. The second kappa shape index (κ2) is 7.91. The minimum absolute atomic E-state index is 0.0115. The van der Waals surface area contributed by atoms with Crippen molar-refractivity contribution < 1.29 is 14.6 Å². The van der Waals surface area contributed by atoms with Gasteiger partial charge >= 0.3 is 0 Å². The van der Waals surface area contributed by atoms with Crippen molar-refractivity contribution in [2.75, 3.05) is 6.61 Å². The third-order valence-electron chi connectivity index (χ3n) is 2.96. The highest BCUT2D eigenvalue weighted by molar-refractivity contribution is 7.10. The highest BCUT2D eigenvalue weighted by Crippen LogP contribution is 2.22. The van der Waals surface area contributed by atoms with E-state index in [2.05, 4.69) is 10.3 Å². The number of hydrogen-bond donors (Lipinski definition) is 2. The van der Waals surface area contributed by atoms with Crippen molar-refractivity contribution in [3.63, 3.8) is 0 Å². The lowest BCUT2D eigenvalue weighted by molar-refractivity contribution is 0.0929. The Morgan fingerprint density at radius 1 is 1.45 bits per heavy atom. The number of carbonyl (C=O) groups is 1. The van der Waals surface area contributed by atoms with Crippen LogP contribution in [0.2, 0.25) is 0 Å². The molecule has 2 heterocycles. The zero-order valence-electron chi connectivity index (χ0n) is 12.7. The first-order valence-electron chi connectivity index (χ1n) is 7.17. The van der Waals surface area contributed by atoms with Gasteiger partial charge in [0.2, 0.25) is 0 Å². The molecule has 1 amide bonds. The number of nitrogens with one attached hydrogen (secondary N) is 1. The number of aromatic nitrogens is 1. The van der Waals surface area contributed by atoms with E-state index in [-0.39, 0.29) is 24.7 Å². The van der Waals surface area contributed by atoms with Crippen molar-refractivity contribution in [3.8, 4) is 5.75 Å². The van der Waals surface area contributed by atoms with Crippen LogP contribution in [-0.2, 0) is 0 Å². The van der Waals surface area contributed by atoms with Crippen molar-refractivity contribution in [2.24, 2.45) is 0 Å². The Kier molecular flexibility index (Phi) is 5.91. The molecule has 1 unspecified atom stereocenters. The molecule has 5 nitrogen and oxygen atoms in total. The molecule has 0 bridgehead atoms. The fraction of sp³-hybridized carbons (Fsp3) is 0.375. The second-order valence-electron chi connectivity index (χ2n) is 5.13. The van der Waals surface area contributed by atoms with Crippen LogP contribution in [0.5, 0.6) is 5.75 Å². The minimum Gasteiger partial charge on any atom is -0.489 e. The lowest BCUT2D eigenvalue weighted by Gasteiger charge is -2.17. The van der Waals surface area contributed by atoms with Gasteiger partial charge in [0.15, 0.2) is 0 Å². The number of thiophene rings is 1. The highest BCUT2D eigenvalue weighted by atomic mass is 32.1. The lowest BCUT2D eigenvalue weighted by atomic mass is 10.1. The summed E-state index contributed by atoms with van der Waals surface area (Å²) in [6.45, 7) is 3.85. The quantitative estimate of drug-likeness (QED) is 0.823. The van der Waals surface area contributed by atoms with Gasteiger partial charge < -0.3 is 15.2 Å². The molecule has 2 N–H and O–H groups in total. The summed E-state index contributed by atoms with van der Waals surface area (Å²) in [7, 11) is 0. The molecular formula is C16H20N2O3S. The largest absolute Gasteiger partial charge is 0.489 e. The van der Waals surface area contributed by atoms with Gasteiger partial charge in [-0.25, -0.2) is 0 Å². The van der Waals surface area contributed by atoms with E-state index in [1.807, 2.05) is 31.4 Å². The average Bonchev–Trinajstić information content (AvgIpc) is 3.00. The van der Waals surface area contributed by atoms with Crippen molar-refractivity contribution in [1.29, 1.82) is 0 Å². The van der Waals surface area contributed by atoms with Gasteiger partial charge in [-0.15, -0.1) is 11.3 Å². The van der Waals surface area contributed by atoms with Crippen LogP contribution < -0.4 is 10.1 Å². The van der Waals surface area contributed by atoms with Crippen LogP contribution >= 0.6 is 11.3 Å². The van der Waals surface area contributed by atoms with Gasteiger partial charge in [0.1, 0.15) is 5.75 Å². The molecule has 0 spiro atoms. The fourth-order valence-electron chi connectivity index (χ4n) is 2.03. The third kappa shape index (κ3) is 4.54. The van der Waals surface area contributed by atoms with Gasteiger partial charge in [-0.3, -0.25) is 9.78 Å². The lowest BCUT2D eigenvalue weighted by Crippen LogP contribution is -2.28. The molecule has 0 aliphatic carbocycles. The fourth-order valence-corrected chi connectivity index (χ4v) is 2.84. The predicted molar refractivity (Wildman–Crippen MR) is 86.2 cm³/mol. The molecule has 2 aromatic rings. The summed E-state index contributed by atoms with van der Waals surface area (Å²) >= 11 is 1.55. The summed E-state index contributed by atoms with van der Waals surface area (Å²) in [5.41, 5.74) is 0.442. The number of rotatable bonds is 7. The van der Waals surface area contributed by atoms with Gasteiger partial charge in [0.25, 0.3) is 5.91 Å². The summed E-state index contributed by atoms with van der Waals surface area (Å²) in [5.74, 6) is 0.339. The molecule has 0 saturated heterocycles. The Bertz CT molecular complexity index is 599. The molecule has 22 heavy (non-hydrogen) atoms. The topological polar surface area (TPSA) is 71.5 Å². The molecule has 0 aliphatic heterocycles. The number of hydrogen-bond acceptors (Lipinski definition) is 5. The molecule has 2 aromatic heterocycles. The van der Waals surface area contributed by atoms with Crippen molar-refractivity contribution in [2.45, 2.75) is 32.4 Å². The first-order valence-corrected chi connectivity index (χ1v) is 8.05. The Morgan fingerprint density at radius 3 is 2.91 bits per heavy atom. The Balaban J connectivity index is 2.10. The first-order chi connectivity index (χ1) is 10.6. The Labute approximate surface area is 134 Å². The number of aliphatic hydroxyl groups is 1. The number of nitrogens with zero attached hydrogens (tertiary/aromatic N) is 1. The number of aliphatic hydroxyl groups excluding tert-OH is 1. The molecular weight excluding hydrogens is 300 g/mol. The molecule has 0 aromatic carbocycles. The maximum Gasteiger partial charge on any atom is 0.253 e. The van der Waals surface area contributed by atoms with E-state index in [0.29, 0.717) is 17.7 Å². The summed E-state index contributed by atoms with van der Waals surface area (Å²) in [4.78, 5) is 17.4. The molecule has 0 fully saturated rings. The van der Waals surface area contributed by atoms with Crippen LogP contribution in [0.3, 0.4) is 0 Å². The van der Waals surface area contributed by atoms with Gasteiger partial charge in [-0.1, -0.05) is 6.07 Å². The van der Waals surface area contributed by atoms with Crippen LogP contribution in [0.25, 0.3) is 0 Å². The van der Waals surface area contributed by atoms with E-state index in [9.17, 15) is 9.90 Å². The van der Waals surface area contributed by atoms with Crippen LogP contribution in [-0.4, -0.2) is 28.7 Å². The SMILES string of the molecule is CC(C)Oc1cncc(C(=O)NC(CCO)c2cccs2)c1. The van der Waals surface area contributed by atoms with E-state index >= 15 is 0 Å². The Hall–Kier alpha value is -1.92. The average molecular weight is 320 g/mol. The van der Waals surface area contributed by atoms with E-state index in [0.717, 1.165) is 4.88 Å². The summed E-state index contributed by atoms with van der Waals surface area (Å²) < 4.78 is 5.55. The number of amides is 1. The molecule has 0 aliphatic rings. The maximum atomic E-state index is 12.4. The zero-order valence-corrected chi connectivity index (χ0v) is 13.5. The van der Waals surface area contributed by atoms with E-state index in [4.69, 9.17) is 4.74 Å². The summed E-state index contributed by atoms with van der Waals surface area (Å²) in [6, 6.07) is 5.34. The molecule has 6 heteroatoms. The van der Waals surface area contributed by atoms with Crippen molar-refractivity contribution >= 4 is 17.2 Å². The normalized spacial score (nSPS) is 12.2. The number of ether oxygens (including phenoxy) is 1. The van der Waals surface area contributed by atoms with Crippen molar-refractivity contribution in [3.05, 3.63) is 46.4 Å². The smallest absolute Gasteiger partial charge is 0.253 e. The van der Waals surface area contributed by atoms with Gasteiger partial charge in [-0.2, -0.15) is 0 Å². The third-order valence-corrected chi connectivity index (χ3v) is 3.94. The Morgan fingerprint density at radius 2 is 2.27 bits per heavy atom. The van der Waals surface area contributed by atoms with Gasteiger partial charge in [-0.05, 0) is 37.8 Å². The molecule has 0 radical (unpaired) electrons. The van der Waals surface area contributed by atoms with E-state index in [1.54, 1.807) is 23.6 Å². The van der Waals surface area contributed by atoms with Crippen LogP contribution in [0, 0.1) is 0 Å². The highest BCUT2D eigenvalue weighted by Gasteiger charge is 2.17. The molecule has 2 rings (SSSR count). The number of pyridine rings is 1. The predicted octanol–water partition coefficient (Wildman–Crippen LogP) is 2.78. The second-order valence-corrected chi connectivity index (χ2v) is 6.11. The summed E-state index contributed by atoms with van der Waals surface area (Å²) in [5, 5.41) is 14.1. The van der Waals surface area contributed by atoms with Gasteiger partial charge in [0, 0.05) is 17.7 Å². The van der Waals surface area contributed by atoms with E-state index < -0.39 is 0 Å². The molecule has 1 atom stereocenters. The van der Waals surface area contributed by atoms with Gasteiger partial charge in [0.05, 0.1) is 23.9 Å². The van der Waals surface area contributed by atoms with E-state index in [1.165, 1.54) is 6.20 Å². The molecule has 118 valence electrons. The monoisotopic (exact) mass is 320 g/mol. The van der Waals surface area contributed by atoms with Crippen LogP contribution in [0.15, 0.2) is 36.0 Å². The summed E-state index contributed by atoms with van der Waals surface area (Å²) in [6.07, 6.45) is 3.59. The van der Waals surface area contributed by atoms with Crippen LogP contribution in [0.4, 0.5) is 0 Å².